The standard InChI is InChI=1S/C17H29N5O/c1-22(2)16(23)12-19-17(20-14-8-4-3-5-9-14)21-15-10-6-7-13(15)11-18/h13-15H,3-10,12H2,1-2H3,(H2,19,20,21). The van der Waals surface area contributed by atoms with Crippen LogP contribution >= 0.6 is 0 Å². The lowest BCUT2D eigenvalue weighted by Gasteiger charge is -2.27. The second-order valence-corrected chi connectivity index (χ2v) is 6.85. The lowest BCUT2D eigenvalue weighted by molar-refractivity contribution is -0.127. The Balaban J connectivity index is 1.99. The molecule has 6 nitrogen and oxygen atoms in total. The van der Waals surface area contributed by atoms with Gasteiger partial charge in [0, 0.05) is 26.2 Å². The molecule has 2 rings (SSSR count). The van der Waals surface area contributed by atoms with E-state index in [1.807, 2.05) is 0 Å². The number of nitrogens with one attached hydrogen (secondary N) is 2. The van der Waals surface area contributed by atoms with Crippen LogP contribution in [0.1, 0.15) is 51.4 Å². The molecule has 2 N–H and O–H groups in total. The van der Waals surface area contributed by atoms with Crippen molar-refractivity contribution in [3.8, 4) is 6.07 Å². The van der Waals surface area contributed by atoms with Gasteiger partial charge in [-0.15, -0.1) is 0 Å². The molecule has 2 atom stereocenters. The zero-order valence-corrected chi connectivity index (χ0v) is 14.3. The van der Waals surface area contributed by atoms with E-state index in [1.165, 1.54) is 19.3 Å². The Bertz CT molecular complexity index is 462. The Morgan fingerprint density at radius 3 is 2.52 bits per heavy atom. The number of nitriles is 1. The highest BCUT2D eigenvalue weighted by atomic mass is 16.2. The van der Waals surface area contributed by atoms with Gasteiger partial charge in [0.2, 0.25) is 5.91 Å². The number of hydrogen-bond acceptors (Lipinski definition) is 3. The molecular weight excluding hydrogens is 290 g/mol. The molecule has 0 aromatic heterocycles. The van der Waals surface area contributed by atoms with Gasteiger partial charge < -0.3 is 15.5 Å². The van der Waals surface area contributed by atoms with Crippen LogP contribution in [0.3, 0.4) is 0 Å². The van der Waals surface area contributed by atoms with Gasteiger partial charge in [0.1, 0.15) is 6.54 Å². The molecule has 1 amide bonds. The minimum absolute atomic E-state index is 0.0157. The minimum Gasteiger partial charge on any atom is -0.354 e. The van der Waals surface area contributed by atoms with Crippen molar-refractivity contribution in [3.63, 3.8) is 0 Å². The van der Waals surface area contributed by atoms with E-state index in [9.17, 15) is 10.1 Å². The van der Waals surface area contributed by atoms with E-state index >= 15 is 0 Å². The summed E-state index contributed by atoms with van der Waals surface area (Å²) >= 11 is 0. The maximum Gasteiger partial charge on any atom is 0.243 e. The smallest absolute Gasteiger partial charge is 0.243 e. The van der Waals surface area contributed by atoms with Gasteiger partial charge in [0.25, 0.3) is 0 Å². The fraction of sp³-hybridized carbons (Fsp3) is 0.824. The average molecular weight is 319 g/mol. The first kappa shape index (κ1) is 17.6. The molecular formula is C17H29N5O. The third-order valence-electron chi connectivity index (χ3n) is 4.82. The largest absolute Gasteiger partial charge is 0.354 e. The quantitative estimate of drug-likeness (QED) is 0.610. The number of amides is 1. The second-order valence-electron chi connectivity index (χ2n) is 6.85. The zero-order chi connectivity index (χ0) is 16.7. The van der Waals surface area contributed by atoms with Gasteiger partial charge in [0.05, 0.1) is 12.0 Å². The summed E-state index contributed by atoms with van der Waals surface area (Å²) in [5.74, 6) is 0.718. The van der Waals surface area contributed by atoms with Crippen LogP contribution in [0.4, 0.5) is 0 Å². The van der Waals surface area contributed by atoms with Gasteiger partial charge >= 0.3 is 0 Å². The average Bonchev–Trinajstić information content (AvgIpc) is 3.00. The molecule has 128 valence electrons. The summed E-state index contributed by atoms with van der Waals surface area (Å²) < 4.78 is 0. The molecule has 0 spiro atoms. The molecule has 0 aliphatic heterocycles. The van der Waals surface area contributed by atoms with Gasteiger partial charge in [-0.25, -0.2) is 4.99 Å². The van der Waals surface area contributed by atoms with Gasteiger partial charge in [-0.2, -0.15) is 5.26 Å². The topological polar surface area (TPSA) is 80.5 Å². The Morgan fingerprint density at radius 1 is 1.13 bits per heavy atom. The first-order chi connectivity index (χ1) is 11.1. The molecule has 0 bridgehead atoms. The molecule has 2 unspecified atom stereocenters. The Labute approximate surface area is 139 Å². The third kappa shape index (κ3) is 5.42. The van der Waals surface area contributed by atoms with Gasteiger partial charge in [-0.05, 0) is 32.1 Å². The Morgan fingerprint density at radius 2 is 1.87 bits per heavy atom. The SMILES string of the molecule is CN(C)C(=O)CN=C(NC1CCCCC1)NC1CCCC1C#N. The van der Waals surface area contributed by atoms with Crippen molar-refractivity contribution >= 4 is 11.9 Å². The lowest BCUT2D eigenvalue weighted by Crippen LogP contribution is -2.49. The molecule has 0 aromatic rings. The van der Waals surface area contributed by atoms with E-state index in [1.54, 1.807) is 19.0 Å². The van der Waals surface area contributed by atoms with Gasteiger partial charge in [-0.3, -0.25) is 4.79 Å². The number of carbonyl (C=O) groups is 1. The van der Waals surface area contributed by atoms with E-state index in [0.717, 1.165) is 32.1 Å². The molecule has 0 heterocycles. The van der Waals surface area contributed by atoms with Crippen LogP contribution in [0.5, 0.6) is 0 Å². The van der Waals surface area contributed by atoms with Crippen molar-refractivity contribution in [1.82, 2.24) is 15.5 Å². The maximum absolute atomic E-state index is 11.8. The van der Waals surface area contributed by atoms with Crippen LogP contribution in [0.25, 0.3) is 0 Å². The fourth-order valence-electron chi connectivity index (χ4n) is 3.32. The van der Waals surface area contributed by atoms with Crippen LogP contribution in [0.15, 0.2) is 4.99 Å². The van der Waals surface area contributed by atoms with E-state index in [2.05, 4.69) is 21.7 Å². The molecule has 0 saturated heterocycles. The third-order valence-corrected chi connectivity index (χ3v) is 4.82. The normalized spacial score (nSPS) is 25.7. The number of rotatable bonds is 4. The van der Waals surface area contributed by atoms with Crippen molar-refractivity contribution in [1.29, 1.82) is 5.26 Å². The summed E-state index contributed by atoms with van der Waals surface area (Å²) in [6.07, 6.45) is 9.09. The van der Waals surface area contributed by atoms with Gasteiger partial charge in [-0.1, -0.05) is 19.3 Å². The monoisotopic (exact) mass is 319 g/mol. The van der Waals surface area contributed by atoms with Crippen LogP contribution in [-0.2, 0) is 4.79 Å². The summed E-state index contributed by atoms with van der Waals surface area (Å²) in [6.45, 7) is 0.138. The van der Waals surface area contributed by atoms with Crippen LogP contribution in [0.2, 0.25) is 0 Å². The first-order valence-corrected chi connectivity index (χ1v) is 8.77. The molecule has 6 heteroatoms. The highest BCUT2D eigenvalue weighted by Crippen LogP contribution is 2.25. The van der Waals surface area contributed by atoms with Crippen LogP contribution in [-0.4, -0.2) is 49.5 Å². The predicted molar refractivity (Wildman–Crippen MR) is 90.9 cm³/mol. The first-order valence-electron chi connectivity index (χ1n) is 8.77. The number of hydrogen-bond donors (Lipinski definition) is 2. The molecule has 2 saturated carbocycles. The summed E-state index contributed by atoms with van der Waals surface area (Å²) in [5, 5.41) is 16.1. The summed E-state index contributed by atoms with van der Waals surface area (Å²) in [5.41, 5.74) is 0. The molecule has 23 heavy (non-hydrogen) atoms. The van der Waals surface area contributed by atoms with E-state index in [0.29, 0.717) is 12.0 Å². The molecule has 2 aliphatic carbocycles. The number of guanidine groups is 1. The number of carbonyl (C=O) groups excluding carboxylic acids is 1. The summed E-state index contributed by atoms with van der Waals surface area (Å²) in [4.78, 5) is 17.8. The highest BCUT2D eigenvalue weighted by Gasteiger charge is 2.28. The zero-order valence-electron chi connectivity index (χ0n) is 14.3. The van der Waals surface area contributed by atoms with Crippen molar-refractivity contribution in [2.45, 2.75) is 63.5 Å². The number of aliphatic imine (C=N–C) groups is 1. The second kappa shape index (κ2) is 8.76. The van der Waals surface area contributed by atoms with E-state index in [-0.39, 0.29) is 24.4 Å². The number of likely N-dealkylation sites (N-methyl/N-ethyl adjacent to an activating group) is 1. The lowest BCUT2D eigenvalue weighted by atomic mass is 9.96. The molecule has 2 fully saturated rings. The van der Waals surface area contributed by atoms with Crippen LogP contribution in [0, 0.1) is 17.2 Å². The van der Waals surface area contributed by atoms with Crippen molar-refractivity contribution in [2.75, 3.05) is 20.6 Å². The van der Waals surface area contributed by atoms with Crippen LogP contribution < -0.4 is 10.6 Å². The van der Waals surface area contributed by atoms with E-state index in [4.69, 9.17) is 0 Å². The van der Waals surface area contributed by atoms with Crippen molar-refractivity contribution in [3.05, 3.63) is 0 Å². The fourth-order valence-corrected chi connectivity index (χ4v) is 3.32. The van der Waals surface area contributed by atoms with Crippen molar-refractivity contribution in [2.24, 2.45) is 10.9 Å². The van der Waals surface area contributed by atoms with Crippen molar-refractivity contribution < 1.29 is 4.79 Å². The summed E-state index contributed by atoms with van der Waals surface area (Å²) in [6, 6.07) is 2.95. The van der Waals surface area contributed by atoms with E-state index < -0.39 is 0 Å². The van der Waals surface area contributed by atoms with Gasteiger partial charge in [0.15, 0.2) is 5.96 Å². The molecule has 2 aliphatic rings. The Hall–Kier alpha value is -1.77. The highest BCUT2D eigenvalue weighted by molar-refractivity contribution is 5.85. The predicted octanol–water partition coefficient (Wildman–Crippen LogP) is 1.63. The Kier molecular flexibility index (Phi) is 6.69. The summed E-state index contributed by atoms with van der Waals surface area (Å²) in [7, 11) is 3.48. The molecule has 0 aromatic carbocycles. The molecule has 0 radical (unpaired) electrons. The maximum atomic E-state index is 11.8. The number of nitrogens with zero attached hydrogens (tertiary/aromatic N) is 3. The minimum atomic E-state index is -0.0157.